The van der Waals surface area contributed by atoms with Gasteiger partial charge in [-0.15, -0.1) is 11.8 Å². The molecule has 2 heterocycles. The molecule has 172 valence electrons. The van der Waals surface area contributed by atoms with Gasteiger partial charge >= 0.3 is 0 Å². The molecule has 2 aliphatic heterocycles. The highest BCUT2D eigenvalue weighted by molar-refractivity contribution is 8.02. The van der Waals surface area contributed by atoms with Crippen LogP contribution in [0.2, 0.25) is 0 Å². The number of benzene rings is 3. The number of carbonyl (C=O) groups is 3. The summed E-state index contributed by atoms with van der Waals surface area (Å²) in [5, 5.41) is 2.86. The van der Waals surface area contributed by atoms with Crippen LogP contribution in [0.1, 0.15) is 16.7 Å². The number of rotatable bonds is 4. The number of aryl methyl sites for hydroxylation is 2. The Kier molecular flexibility index (Phi) is 5.40. The Bertz CT molecular complexity index is 1340. The van der Waals surface area contributed by atoms with Crippen molar-refractivity contribution in [2.45, 2.75) is 18.7 Å². The molecule has 0 aromatic heterocycles. The minimum Gasteiger partial charge on any atom is -0.325 e. The SMILES string of the molecule is Cc1ccc(NC(=O)CN2C(=O)[C@@]3(SCC(=O)N3c3cccc(F)c3)c3ccccc32)cc1C. The van der Waals surface area contributed by atoms with E-state index in [1.165, 1.54) is 39.8 Å². The quantitative estimate of drug-likeness (QED) is 0.609. The molecule has 3 aromatic rings. The van der Waals surface area contributed by atoms with Gasteiger partial charge in [-0.05, 0) is 61.4 Å². The maximum absolute atomic E-state index is 14.0. The third-order valence-electron chi connectivity index (χ3n) is 6.22. The summed E-state index contributed by atoms with van der Waals surface area (Å²) in [6.07, 6.45) is 0. The molecule has 5 rings (SSSR count). The Morgan fingerprint density at radius 2 is 1.82 bits per heavy atom. The van der Waals surface area contributed by atoms with Crippen molar-refractivity contribution in [1.29, 1.82) is 0 Å². The molecule has 6 nitrogen and oxygen atoms in total. The minimum absolute atomic E-state index is 0.0687. The van der Waals surface area contributed by atoms with Gasteiger partial charge in [0, 0.05) is 16.9 Å². The molecule has 1 atom stereocenters. The number of nitrogens with zero attached hydrogens (tertiary/aromatic N) is 2. The van der Waals surface area contributed by atoms with E-state index in [0.717, 1.165) is 11.1 Å². The van der Waals surface area contributed by atoms with E-state index in [1.54, 1.807) is 30.3 Å². The second kappa shape index (κ2) is 8.29. The van der Waals surface area contributed by atoms with Crippen LogP contribution in [0, 0.1) is 19.7 Å². The lowest BCUT2D eigenvalue weighted by molar-refractivity contribution is -0.124. The number of halogens is 1. The summed E-state index contributed by atoms with van der Waals surface area (Å²) in [4.78, 5) is 41.2. The van der Waals surface area contributed by atoms with Crippen molar-refractivity contribution < 1.29 is 18.8 Å². The summed E-state index contributed by atoms with van der Waals surface area (Å²) in [6, 6.07) is 18.4. The number of nitrogens with one attached hydrogen (secondary N) is 1. The van der Waals surface area contributed by atoms with Gasteiger partial charge in [0.1, 0.15) is 12.4 Å². The van der Waals surface area contributed by atoms with E-state index in [2.05, 4.69) is 5.32 Å². The van der Waals surface area contributed by atoms with Gasteiger partial charge in [-0.2, -0.15) is 0 Å². The summed E-state index contributed by atoms with van der Waals surface area (Å²) >= 11 is 1.19. The lowest BCUT2D eigenvalue weighted by Gasteiger charge is -2.33. The van der Waals surface area contributed by atoms with Gasteiger partial charge in [0.25, 0.3) is 5.91 Å². The average molecular weight is 476 g/mol. The van der Waals surface area contributed by atoms with Crippen LogP contribution in [0.15, 0.2) is 66.7 Å². The number of para-hydroxylation sites is 1. The molecule has 0 radical (unpaired) electrons. The molecule has 1 spiro atoms. The topological polar surface area (TPSA) is 69.7 Å². The van der Waals surface area contributed by atoms with Crippen LogP contribution >= 0.6 is 11.8 Å². The first-order chi connectivity index (χ1) is 16.3. The number of fused-ring (bicyclic) bond motifs is 2. The molecule has 0 bridgehead atoms. The summed E-state index contributed by atoms with van der Waals surface area (Å²) in [5.74, 6) is -1.47. The van der Waals surface area contributed by atoms with Gasteiger partial charge in [0.15, 0.2) is 0 Å². The smallest absolute Gasteiger partial charge is 0.269 e. The van der Waals surface area contributed by atoms with Crippen LogP contribution in [0.5, 0.6) is 0 Å². The molecular formula is C26H22FN3O3S. The fourth-order valence-corrected chi connectivity index (χ4v) is 5.85. The Labute approximate surface area is 200 Å². The lowest BCUT2D eigenvalue weighted by atomic mass is 10.0. The van der Waals surface area contributed by atoms with Crippen LogP contribution in [-0.2, 0) is 19.3 Å². The Morgan fingerprint density at radius 1 is 1.03 bits per heavy atom. The van der Waals surface area contributed by atoms with Crippen LogP contribution < -0.4 is 15.1 Å². The highest BCUT2D eigenvalue weighted by Gasteiger charge is 2.61. The Balaban J connectivity index is 1.50. The summed E-state index contributed by atoms with van der Waals surface area (Å²) < 4.78 is 14.0. The fourth-order valence-electron chi connectivity index (χ4n) is 4.49. The Morgan fingerprint density at radius 3 is 2.59 bits per heavy atom. The number of hydrogen-bond donors (Lipinski definition) is 1. The van der Waals surface area contributed by atoms with E-state index in [-0.39, 0.29) is 24.1 Å². The maximum Gasteiger partial charge on any atom is 0.269 e. The first-order valence-corrected chi connectivity index (χ1v) is 11.8. The summed E-state index contributed by atoms with van der Waals surface area (Å²) in [5.41, 5.74) is 4.29. The number of anilines is 3. The number of amides is 3. The molecule has 1 fully saturated rings. The molecule has 1 saturated heterocycles. The first-order valence-electron chi connectivity index (χ1n) is 10.8. The van der Waals surface area contributed by atoms with E-state index in [0.29, 0.717) is 22.6 Å². The largest absolute Gasteiger partial charge is 0.325 e. The maximum atomic E-state index is 14.0. The highest BCUT2D eigenvalue weighted by atomic mass is 32.2. The monoisotopic (exact) mass is 475 g/mol. The Hall–Kier alpha value is -3.65. The molecule has 0 unspecified atom stereocenters. The van der Waals surface area contributed by atoms with Gasteiger partial charge in [-0.25, -0.2) is 4.39 Å². The van der Waals surface area contributed by atoms with E-state index in [4.69, 9.17) is 0 Å². The zero-order chi connectivity index (χ0) is 24.0. The predicted molar refractivity (Wildman–Crippen MR) is 131 cm³/mol. The van der Waals surface area contributed by atoms with Crippen LogP contribution in [0.4, 0.5) is 21.5 Å². The molecule has 0 aliphatic carbocycles. The molecule has 1 N–H and O–H groups in total. The number of hydrogen-bond acceptors (Lipinski definition) is 4. The van der Waals surface area contributed by atoms with Gasteiger partial charge < -0.3 is 5.32 Å². The van der Waals surface area contributed by atoms with Crippen LogP contribution in [-0.4, -0.2) is 30.0 Å². The predicted octanol–water partition coefficient (Wildman–Crippen LogP) is 4.36. The van der Waals surface area contributed by atoms with Gasteiger partial charge in [0.05, 0.1) is 11.4 Å². The van der Waals surface area contributed by atoms with E-state index in [9.17, 15) is 18.8 Å². The van der Waals surface area contributed by atoms with Crippen molar-refractivity contribution in [1.82, 2.24) is 0 Å². The molecular weight excluding hydrogens is 453 g/mol. The van der Waals surface area contributed by atoms with Crippen LogP contribution in [0.3, 0.4) is 0 Å². The van der Waals surface area contributed by atoms with Crippen molar-refractivity contribution in [2.24, 2.45) is 0 Å². The average Bonchev–Trinajstić information content (AvgIpc) is 3.27. The molecule has 2 aliphatic rings. The normalized spacial score (nSPS) is 19.1. The second-order valence-electron chi connectivity index (χ2n) is 8.40. The van der Waals surface area contributed by atoms with Gasteiger partial charge in [0.2, 0.25) is 16.7 Å². The van der Waals surface area contributed by atoms with Crippen LogP contribution in [0.25, 0.3) is 0 Å². The second-order valence-corrected chi connectivity index (χ2v) is 9.57. The van der Waals surface area contributed by atoms with E-state index < -0.39 is 16.6 Å². The van der Waals surface area contributed by atoms with Gasteiger partial charge in [-0.1, -0.05) is 30.3 Å². The third kappa shape index (κ3) is 3.45. The van der Waals surface area contributed by atoms with Crippen molar-refractivity contribution in [3.05, 3.63) is 89.2 Å². The van der Waals surface area contributed by atoms with Crippen molar-refractivity contribution in [3.63, 3.8) is 0 Å². The molecule has 3 amide bonds. The van der Waals surface area contributed by atoms with E-state index in [1.807, 2.05) is 32.0 Å². The summed E-state index contributed by atoms with van der Waals surface area (Å²) in [6.45, 7) is 3.74. The van der Waals surface area contributed by atoms with Crippen molar-refractivity contribution in [3.8, 4) is 0 Å². The lowest BCUT2D eigenvalue weighted by Crippen LogP contribution is -2.50. The number of carbonyl (C=O) groups excluding carboxylic acids is 3. The zero-order valence-electron chi connectivity index (χ0n) is 18.7. The fraction of sp³-hybridized carbons (Fsp3) is 0.192. The highest BCUT2D eigenvalue weighted by Crippen LogP contribution is 2.55. The molecule has 3 aromatic carbocycles. The number of thioether (sulfide) groups is 1. The molecule has 34 heavy (non-hydrogen) atoms. The molecule has 0 saturated carbocycles. The zero-order valence-corrected chi connectivity index (χ0v) is 19.5. The van der Waals surface area contributed by atoms with Crippen molar-refractivity contribution in [2.75, 3.05) is 27.4 Å². The first kappa shape index (κ1) is 22.2. The van der Waals surface area contributed by atoms with Gasteiger partial charge in [-0.3, -0.25) is 24.2 Å². The van der Waals surface area contributed by atoms with E-state index >= 15 is 0 Å². The van der Waals surface area contributed by atoms with Crippen molar-refractivity contribution >= 4 is 46.5 Å². The summed E-state index contributed by atoms with van der Waals surface area (Å²) in [7, 11) is 0. The minimum atomic E-state index is -1.39. The molecule has 8 heteroatoms. The third-order valence-corrected chi connectivity index (χ3v) is 7.61. The standard InChI is InChI=1S/C26H22FN3O3S/c1-16-10-11-19(12-17(16)2)28-23(31)14-29-22-9-4-3-8-21(22)26(25(29)33)30(24(32)15-34-26)20-7-5-6-18(27)13-20/h3-13H,14-15H2,1-2H3,(H,28,31)/t26-/m0/s1.